The first-order chi connectivity index (χ1) is 9.31. The highest BCUT2D eigenvalue weighted by molar-refractivity contribution is 5.95. The molecule has 0 radical (unpaired) electrons. The highest BCUT2D eigenvalue weighted by Crippen LogP contribution is 2.09. The van der Waals surface area contributed by atoms with Crippen molar-refractivity contribution in [1.29, 1.82) is 0 Å². The van der Waals surface area contributed by atoms with Crippen LogP contribution in [0.4, 0.5) is 0 Å². The maximum absolute atomic E-state index is 12.2. The zero-order chi connectivity index (χ0) is 13.5. The number of aromatic amines is 1. The summed E-state index contributed by atoms with van der Waals surface area (Å²) in [6.07, 6.45) is 2.51. The normalized spacial score (nSPS) is 10.4. The van der Waals surface area contributed by atoms with Crippen molar-refractivity contribution in [2.75, 3.05) is 13.6 Å². The largest absolute Gasteiger partial charge is 0.346 e. The number of likely N-dealkylation sites (N-methyl/N-ethyl adjacent to an activating group) is 1. The summed E-state index contributed by atoms with van der Waals surface area (Å²) in [6, 6.07) is 9.52. The first-order valence-corrected chi connectivity index (χ1v) is 6.30. The molecule has 0 saturated heterocycles. The molecule has 0 aliphatic rings. The lowest BCUT2D eigenvalue weighted by Crippen LogP contribution is -2.25. The van der Waals surface area contributed by atoms with E-state index >= 15 is 0 Å². The van der Waals surface area contributed by atoms with Crippen molar-refractivity contribution in [2.45, 2.75) is 13.0 Å². The third-order valence-corrected chi connectivity index (χ3v) is 2.90. The van der Waals surface area contributed by atoms with E-state index in [4.69, 9.17) is 0 Å². The minimum atomic E-state index is -0.0543. The van der Waals surface area contributed by atoms with Crippen LogP contribution in [0.1, 0.15) is 21.6 Å². The number of nitrogens with one attached hydrogen (secondary N) is 3. The van der Waals surface area contributed by atoms with Gasteiger partial charge in [-0.2, -0.15) is 5.10 Å². The third-order valence-electron chi connectivity index (χ3n) is 2.90. The van der Waals surface area contributed by atoms with Gasteiger partial charge in [0.2, 0.25) is 0 Å². The third kappa shape index (κ3) is 3.66. The molecule has 0 spiro atoms. The average Bonchev–Trinajstić information content (AvgIpc) is 2.96. The van der Waals surface area contributed by atoms with Crippen LogP contribution < -0.4 is 10.6 Å². The molecule has 1 aromatic heterocycles. The minimum Gasteiger partial charge on any atom is -0.346 e. The fourth-order valence-corrected chi connectivity index (χ4v) is 1.87. The van der Waals surface area contributed by atoms with Gasteiger partial charge >= 0.3 is 0 Å². The molecule has 2 aromatic rings. The molecule has 0 aliphatic carbocycles. The number of aromatic nitrogens is 2. The molecule has 0 aliphatic heterocycles. The van der Waals surface area contributed by atoms with Crippen LogP contribution in [0.5, 0.6) is 0 Å². The van der Waals surface area contributed by atoms with Crippen LogP contribution in [0, 0.1) is 0 Å². The van der Waals surface area contributed by atoms with Crippen LogP contribution in [-0.4, -0.2) is 29.7 Å². The van der Waals surface area contributed by atoms with E-state index in [0.717, 1.165) is 29.8 Å². The molecule has 100 valence electrons. The Morgan fingerprint density at radius 2 is 2.16 bits per heavy atom. The van der Waals surface area contributed by atoms with Gasteiger partial charge in [-0.05, 0) is 37.7 Å². The van der Waals surface area contributed by atoms with Gasteiger partial charge in [0.1, 0.15) is 0 Å². The molecule has 19 heavy (non-hydrogen) atoms. The molecule has 2 rings (SSSR count). The summed E-state index contributed by atoms with van der Waals surface area (Å²) in [5, 5.41) is 12.6. The predicted octanol–water partition coefficient (Wildman–Crippen LogP) is 1.10. The molecule has 0 fully saturated rings. The van der Waals surface area contributed by atoms with Gasteiger partial charge in [0.25, 0.3) is 5.91 Å². The zero-order valence-corrected chi connectivity index (χ0v) is 10.9. The summed E-state index contributed by atoms with van der Waals surface area (Å²) in [5.41, 5.74) is 2.68. The Morgan fingerprint density at radius 3 is 2.89 bits per heavy atom. The van der Waals surface area contributed by atoms with Gasteiger partial charge in [-0.25, -0.2) is 0 Å². The lowest BCUT2D eigenvalue weighted by Gasteiger charge is -2.09. The summed E-state index contributed by atoms with van der Waals surface area (Å²) in [7, 11) is 1.90. The van der Waals surface area contributed by atoms with Gasteiger partial charge in [0.05, 0.1) is 12.2 Å². The second-order valence-electron chi connectivity index (χ2n) is 4.28. The van der Waals surface area contributed by atoms with Crippen LogP contribution in [0.2, 0.25) is 0 Å². The van der Waals surface area contributed by atoms with E-state index in [0.29, 0.717) is 6.54 Å². The molecular formula is C14H18N4O. The highest BCUT2D eigenvalue weighted by Gasteiger charge is 2.10. The molecule has 5 nitrogen and oxygen atoms in total. The summed E-state index contributed by atoms with van der Waals surface area (Å²) in [4.78, 5) is 12.2. The number of carbonyl (C=O) groups excluding carboxylic acids is 1. The molecule has 3 N–H and O–H groups in total. The van der Waals surface area contributed by atoms with Crippen LogP contribution in [0.3, 0.4) is 0 Å². The van der Waals surface area contributed by atoms with Gasteiger partial charge in [-0.3, -0.25) is 9.89 Å². The Balaban J connectivity index is 2.01. The van der Waals surface area contributed by atoms with E-state index in [1.165, 1.54) is 0 Å². The van der Waals surface area contributed by atoms with Crippen molar-refractivity contribution < 1.29 is 4.79 Å². The van der Waals surface area contributed by atoms with E-state index in [1.807, 2.05) is 37.4 Å². The van der Waals surface area contributed by atoms with Gasteiger partial charge in [0.15, 0.2) is 0 Å². The van der Waals surface area contributed by atoms with Crippen LogP contribution in [0.25, 0.3) is 0 Å². The predicted molar refractivity (Wildman–Crippen MR) is 73.8 cm³/mol. The SMILES string of the molecule is CNCCc1ccccc1C(=O)NCc1ccn[nH]1. The van der Waals surface area contributed by atoms with Gasteiger partial charge < -0.3 is 10.6 Å². The molecule has 1 amide bonds. The summed E-state index contributed by atoms with van der Waals surface area (Å²) < 4.78 is 0. The first kappa shape index (κ1) is 13.3. The standard InChI is InChI=1S/C14H18N4O/c1-15-8-6-11-4-2-3-5-13(11)14(19)16-10-12-7-9-17-18-12/h2-5,7,9,15H,6,8,10H2,1H3,(H,16,19)(H,17,18). The smallest absolute Gasteiger partial charge is 0.251 e. The number of carbonyl (C=O) groups is 1. The quantitative estimate of drug-likeness (QED) is 0.726. The average molecular weight is 258 g/mol. The van der Waals surface area contributed by atoms with Gasteiger partial charge in [-0.15, -0.1) is 0 Å². The summed E-state index contributed by atoms with van der Waals surface area (Å²) in [5.74, 6) is -0.0543. The van der Waals surface area contributed by atoms with E-state index in [9.17, 15) is 4.79 Å². The van der Waals surface area contributed by atoms with E-state index < -0.39 is 0 Å². The summed E-state index contributed by atoms with van der Waals surface area (Å²) >= 11 is 0. The maximum atomic E-state index is 12.2. The molecule has 0 atom stereocenters. The molecule has 0 bridgehead atoms. The van der Waals surface area contributed by atoms with E-state index in [1.54, 1.807) is 6.20 Å². The number of benzene rings is 1. The number of rotatable bonds is 6. The van der Waals surface area contributed by atoms with Gasteiger partial charge in [-0.1, -0.05) is 18.2 Å². The number of amides is 1. The monoisotopic (exact) mass is 258 g/mol. The van der Waals surface area contributed by atoms with Crippen molar-refractivity contribution in [1.82, 2.24) is 20.8 Å². The molecule has 1 heterocycles. The number of H-pyrrole nitrogens is 1. The summed E-state index contributed by atoms with van der Waals surface area (Å²) in [6.45, 7) is 1.31. The topological polar surface area (TPSA) is 69.8 Å². The fourth-order valence-electron chi connectivity index (χ4n) is 1.87. The maximum Gasteiger partial charge on any atom is 0.251 e. The minimum absolute atomic E-state index is 0.0543. The van der Waals surface area contributed by atoms with Crippen molar-refractivity contribution in [2.24, 2.45) is 0 Å². The molecule has 0 unspecified atom stereocenters. The van der Waals surface area contributed by atoms with E-state index in [-0.39, 0.29) is 5.91 Å². The first-order valence-electron chi connectivity index (χ1n) is 6.30. The number of hydrogen-bond donors (Lipinski definition) is 3. The highest BCUT2D eigenvalue weighted by atomic mass is 16.1. The molecule has 1 aromatic carbocycles. The van der Waals surface area contributed by atoms with Crippen molar-refractivity contribution in [3.63, 3.8) is 0 Å². The lowest BCUT2D eigenvalue weighted by atomic mass is 10.0. The zero-order valence-electron chi connectivity index (χ0n) is 10.9. The Hall–Kier alpha value is -2.14. The van der Waals surface area contributed by atoms with Crippen molar-refractivity contribution >= 4 is 5.91 Å². The molecular weight excluding hydrogens is 240 g/mol. The molecule has 5 heteroatoms. The van der Waals surface area contributed by atoms with Gasteiger partial charge in [0, 0.05) is 11.8 Å². The van der Waals surface area contributed by atoms with Crippen LogP contribution in [-0.2, 0) is 13.0 Å². The van der Waals surface area contributed by atoms with E-state index in [2.05, 4.69) is 20.8 Å². The van der Waals surface area contributed by atoms with Crippen LogP contribution in [0.15, 0.2) is 36.5 Å². The van der Waals surface area contributed by atoms with Crippen molar-refractivity contribution in [3.05, 3.63) is 53.3 Å². The lowest BCUT2D eigenvalue weighted by molar-refractivity contribution is 0.0949. The molecule has 0 saturated carbocycles. The van der Waals surface area contributed by atoms with Crippen molar-refractivity contribution in [3.8, 4) is 0 Å². The fraction of sp³-hybridized carbons (Fsp3) is 0.286. The Labute approximate surface area is 112 Å². The number of nitrogens with zero attached hydrogens (tertiary/aromatic N) is 1. The second-order valence-corrected chi connectivity index (χ2v) is 4.28. The van der Waals surface area contributed by atoms with Crippen LogP contribution >= 0.6 is 0 Å². The Bertz CT molecular complexity index is 522. The second kappa shape index (κ2) is 6.70. The Morgan fingerprint density at radius 1 is 1.32 bits per heavy atom. The Kier molecular flexibility index (Phi) is 4.69. The number of hydrogen-bond acceptors (Lipinski definition) is 3.